The fraction of sp³-hybridized carbons (Fsp3) is 0.391. The number of alkyl halides is 3. The zero-order valence-electron chi connectivity index (χ0n) is 17.6. The summed E-state index contributed by atoms with van der Waals surface area (Å²) in [6.07, 6.45) is -4.62. The number of carbonyl (C=O) groups excluding carboxylic acids is 1. The van der Waals surface area contributed by atoms with Crippen LogP contribution in [0.15, 0.2) is 48.5 Å². The normalized spacial score (nSPS) is 16.7. The molecule has 1 fully saturated rings. The van der Waals surface area contributed by atoms with E-state index in [1.807, 2.05) is 30.3 Å². The Hall–Kier alpha value is -3.09. The van der Waals surface area contributed by atoms with E-state index in [4.69, 9.17) is 14.7 Å². The van der Waals surface area contributed by atoms with Crippen LogP contribution in [0, 0.1) is 11.3 Å². The van der Waals surface area contributed by atoms with E-state index in [2.05, 4.69) is 0 Å². The Morgan fingerprint density at radius 1 is 1.19 bits per heavy atom. The maximum atomic E-state index is 13.3. The molecule has 0 aromatic heterocycles. The van der Waals surface area contributed by atoms with Crippen LogP contribution in [0.25, 0.3) is 0 Å². The smallest absolute Gasteiger partial charge is 0.382 e. The largest absolute Gasteiger partial charge is 0.417 e. The second-order valence-electron chi connectivity index (χ2n) is 7.46. The van der Waals surface area contributed by atoms with Gasteiger partial charge in [-0.3, -0.25) is 4.79 Å². The van der Waals surface area contributed by atoms with Gasteiger partial charge in [-0.15, -0.1) is 0 Å². The monoisotopic (exact) mass is 447 g/mol. The van der Waals surface area contributed by atoms with Crippen LogP contribution in [0.5, 0.6) is 0 Å². The molecule has 1 heterocycles. The van der Waals surface area contributed by atoms with Crippen LogP contribution in [0.1, 0.15) is 16.7 Å². The van der Waals surface area contributed by atoms with Crippen molar-refractivity contribution in [1.82, 2.24) is 4.90 Å². The summed E-state index contributed by atoms with van der Waals surface area (Å²) in [4.78, 5) is 16.2. The van der Waals surface area contributed by atoms with E-state index in [9.17, 15) is 18.0 Å². The predicted octanol–water partition coefficient (Wildman–Crippen LogP) is 3.46. The van der Waals surface area contributed by atoms with Crippen molar-refractivity contribution in [2.75, 3.05) is 44.9 Å². The summed E-state index contributed by atoms with van der Waals surface area (Å²) in [6.45, 7) is 1.44. The van der Waals surface area contributed by atoms with Gasteiger partial charge in [-0.2, -0.15) is 18.4 Å². The number of rotatable bonds is 7. The topological polar surface area (TPSA) is 65.8 Å². The highest BCUT2D eigenvalue weighted by Crippen LogP contribution is 2.35. The van der Waals surface area contributed by atoms with E-state index < -0.39 is 17.3 Å². The van der Waals surface area contributed by atoms with Gasteiger partial charge in [0.15, 0.2) is 0 Å². The summed E-state index contributed by atoms with van der Waals surface area (Å²) in [5, 5.41) is 9.00. The molecule has 0 aliphatic carbocycles. The molecule has 3 rings (SSSR count). The van der Waals surface area contributed by atoms with Gasteiger partial charge in [0, 0.05) is 32.4 Å². The first-order chi connectivity index (χ1) is 15.3. The molecule has 32 heavy (non-hydrogen) atoms. The van der Waals surface area contributed by atoms with Gasteiger partial charge in [-0.05, 0) is 23.8 Å². The van der Waals surface area contributed by atoms with Crippen molar-refractivity contribution >= 4 is 11.6 Å². The first-order valence-electron chi connectivity index (χ1n) is 10.1. The van der Waals surface area contributed by atoms with Gasteiger partial charge in [0.1, 0.15) is 6.61 Å². The number of carbonyl (C=O) groups is 1. The average Bonchev–Trinajstić information content (AvgIpc) is 2.79. The van der Waals surface area contributed by atoms with Gasteiger partial charge in [0.05, 0.1) is 36.5 Å². The number of amides is 1. The van der Waals surface area contributed by atoms with Crippen LogP contribution < -0.4 is 4.90 Å². The highest BCUT2D eigenvalue weighted by atomic mass is 19.4. The van der Waals surface area contributed by atoms with Crippen molar-refractivity contribution in [3.05, 3.63) is 65.2 Å². The lowest BCUT2D eigenvalue weighted by atomic mass is 10.1. The van der Waals surface area contributed by atoms with Gasteiger partial charge in [0.25, 0.3) is 0 Å². The standard InChI is InChI=1S/C23H24F3N3O3/c1-31-15-20-13-28(19-8-7-18(12-27)21(11-19)23(24,25)26)9-10-29(20)22(30)16-32-14-17-5-3-2-4-6-17/h2-8,11,20H,9-10,13-16H2,1H3. The molecule has 6 nitrogen and oxygen atoms in total. The first-order valence-corrected chi connectivity index (χ1v) is 10.1. The number of hydrogen-bond acceptors (Lipinski definition) is 5. The van der Waals surface area contributed by atoms with Crippen LogP contribution in [0.2, 0.25) is 0 Å². The lowest BCUT2D eigenvalue weighted by molar-refractivity contribution is -0.140. The Labute approximate surface area is 184 Å². The van der Waals surface area contributed by atoms with E-state index in [-0.39, 0.29) is 25.2 Å². The minimum Gasteiger partial charge on any atom is -0.382 e. The summed E-state index contributed by atoms with van der Waals surface area (Å²) < 4.78 is 50.8. The first kappa shape index (κ1) is 23.6. The van der Waals surface area contributed by atoms with E-state index in [0.29, 0.717) is 31.9 Å². The lowest BCUT2D eigenvalue weighted by Gasteiger charge is -2.42. The summed E-state index contributed by atoms with van der Waals surface area (Å²) >= 11 is 0. The number of ether oxygens (including phenoxy) is 2. The number of halogens is 3. The molecule has 0 radical (unpaired) electrons. The van der Waals surface area contributed by atoms with E-state index in [0.717, 1.165) is 11.6 Å². The van der Waals surface area contributed by atoms with Crippen LogP contribution in [0.4, 0.5) is 18.9 Å². The number of hydrogen-bond donors (Lipinski definition) is 0. The Balaban J connectivity index is 1.67. The van der Waals surface area contributed by atoms with Crippen molar-refractivity contribution < 1.29 is 27.4 Å². The Morgan fingerprint density at radius 2 is 1.94 bits per heavy atom. The molecular formula is C23H24F3N3O3. The van der Waals surface area contributed by atoms with Crippen molar-refractivity contribution in [2.45, 2.75) is 18.8 Å². The van der Waals surface area contributed by atoms with Gasteiger partial charge in [0.2, 0.25) is 5.91 Å². The number of methoxy groups -OCH3 is 1. The van der Waals surface area contributed by atoms with Gasteiger partial charge < -0.3 is 19.3 Å². The number of benzene rings is 2. The molecule has 1 unspecified atom stereocenters. The Morgan fingerprint density at radius 3 is 2.59 bits per heavy atom. The molecule has 0 saturated carbocycles. The van der Waals surface area contributed by atoms with Crippen molar-refractivity contribution in [2.24, 2.45) is 0 Å². The molecule has 1 aliphatic heterocycles. The average molecular weight is 447 g/mol. The highest BCUT2D eigenvalue weighted by Gasteiger charge is 2.35. The highest BCUT2D eigenvalue weighted by molar-refractivity contribution is 5.78. The molecule has 0 N–H and O–H groups in total. The maximum Gasteiger partial charge on any atom is 0.417 e. The number of piperazine rings is 1. The second-order valence-corrected chi connectivity index (χ2v) is 7.46. The van der Waals surface area contributed by atoms with Crippen LogP contribution in [-0.2, 0) is 27.1 Å². The fourth-order valence-electron chi connectivity index (χ4n) is 3.73. The lowest BCUT2D eigenvalue weighted by Crippen LogP contribution is -2.57. The minimum atomic E-state index is -4.62. The molecule has 9 heteroatoms. The SMILES string of the molecule is COCC1CN(c2ccc(C#N)c(C(F)(F)F)c2)CCN1C(=O)COCc1ccccc1. The summed E-state index contributed by atoms with van der Waals surface area (Å²) in [6, 6.07) is 14.4. The molecule has 0 bridgehead atoms. The van der Waals surface area contributed by atoms with Gasteiger partial charge in [-0.25, -0.2) is 0 Å². The van der Waals surface area contributed by atoms with Crippen molar-refractivity contribution in [3.63, 3.8) is 0 Å². The van der Waals surface area contributed by atoms with E-state index >= 15 is 0 Å². The van der Waals surface area contributed by atoms with E-state index in [1.165, 1.54) is 19.2 Å². The molecule has 1 saturated heterocycles. The Bertz CT molecular complexity index is 960. The third kappa shape index (κ3) is 5.78. The molecule has 2 aromatic rings. The molecule has 1 atom stereocenters. The quantitative estimate of drug-likeness (QED) is 0.651. The van der Waals surface area contributed by atoms with Crippen LogP contribution >= 0.6 is 0 Å². The maximum absolute atomic E-state index is 13.3. The molecule has 2 aromatic carbocycles. The summed E-state index contributed by atoms with van der Waals surface area (Å²) in [5.74, 6) is -0.196. The zero-order valence-corrected chi connectivity index (χ0v) is 17.6. The second kappa shape index (κ2) is 10.5. The fourth-order valence-corrected chi connectivity index (χ4v) is 3.73. The van der Waals surface area contributed by atoms with Gasteiger partial charge in [-0.1, -0.05) is 30.3 Å². The number of nitrogens with zero attached hydrogens (tertiary/aromatic N) is 3. The summed E-state index contributed by atoms with van der Waals surface area (Å²) in [5.41, 5.74) is -0.0719. The molecule has 1 aliphatic rings. The number of nitriles is 1. The molecule has 170 valence electrons. The van der Waals surface area contributed by atoms with Crippen LogP contribution in [0.3, 0.4) is 0 Å². The zero-order chi connectivity index (χ0) is 23.1. The van der Waals surface area contributed by atoms with Gasteiger partial charge >= 0.3 is 6.18 Å². The van der Waals surface area contributed by atoms with Crippen molar-refractivity contribution in [1.29, 1.82) is 5.26 Å². The van der Waals surface area contributed by atoms with E-state index in [1.54, 1.807) is 15.9 Å². The third-order valence-corrected chi connectivity index (χ3v) is 5.29. The minimum absolute atomic E-state index is 0.0931. The third-order valence-electron chi connectivity index (χ3n) is 5.29. The molecule has 1 amide bonds. The summed E-state index contributed by atoms with van der Waals surface area (Å²) in [7, 11) is 1.51. The number of anilines is 1. The van der Waals surface area contributed by atoms with Crippen molar-refractivity contribution in [3.8, 4) is 6.07 Å². The predicted molar refractivity (Wildman–Crippen MR) is 112 cm³/mol. The Kier molecular flexibility index (Phi) is 7.72. The molecule has 0 spiro atoms. The molecular weight excluding hydrogens is 423 g/mol. The van der Waals surface area contributed by atoms with Crippen LogP contribution in [-0.4, -0.2) is 56.8 Å².